The molecule has 0 saturated carbocycles. The van der Waals surface area contributed by atoms with Crippen molar-refractivity contribution in [2.24, 2.45) is 0 Å². The molecule has 0 aliphatic rings. The molecule has 0 spiro atoms. The first-order valence-electron chi connectivity index (χ1n) is 8.76. The number of nitrogens with one attached hydrogen (secondary N) is 2. The quantitative estimate of drug-likeness (QED) is 0.388. The molecule has 29 heavy (non-hydrogen) atoms. The zero-order valence-electron chi connectivity index (χ0n) is 15.9. The van der Waals surface area contributed by atoms with Gasteiger partial charge in [0.25, 0.3) is 5.69 Å². The number of anilines is 3. The maximum atomic E-state index is 11.4. The molecule has 2 heterocycles. The van der Waals surface area contributed by atoms with Crippen LogP contribution in [0.4, 0.5) is 23.1 Å². The highest BCUT2D eigenvalue weighted by Crippen LogP contribution is 2.32. The lowest BCUT2D eigenvalue weighted by molar-refractivity contribution is -0.384. The summed E-state index contributed by atoms with van der Waals surface area (Å²) in [6.45, 7) is 1.68. The molecular weight excluding hydrogens is 376 g/mol. The van der Waals surface area contributed by atoms with Gasteiger partial charge in [-0.1, -0.05) is 0 Å². The number of aromatic nitrogens is 3. The molecular formula is C19H20N6O4. The number of aliphatic hydroxyl groups excluding tert-OH is 1. The Labute approximate surface area is 166 Å². The minimum absolute atomic E-state index is 0.102. The van der Waals surface area contributed by atoms with E-state index in [1.807, 2.05) is 0 Å². The molecule has 3 N–H and O–H groups in total. The van der Waals surface area contributed by atoms with Crippen LogP contribution in [0, 0.1) is 10.1 Å². The first-order chi connectivity index (χ1) is 14.0. The molecule has 0 unspecified atom stereocenters. The number of nitrogens with zero attached hydrogens (tertiary/aromatic N) is 4. The number of ether oxygens (including phenoxy) is 1. The molecule has 1 atom stereocenters. The second-order valence-electron chi connectivity index (χ2n) is 6.19. The van der Waals surface area contributed by atoms with E-state index >= 15 is 0 Å². The topological polar surface area (TPSA) is 135 Å². The van der Waals surface area contributed by atoms with Crippen LogP contribution in [0.25, 0.3) is 11.3 Å². The third kappa shape index (κ3) is 4.93. The van der Waals surface area contributed by atoms with E-state index in [1.165, 1.54) is 13.2 Å². The third-order valence-electron chi connectivity index (χ3n) is 4.02. The molecule has 0 aliphatic heterocycles. The third-order valence-corrected chi connectivity index (χ3v) is 4.02. The number of nitro benzene ring substituents is 1. The van der Waals surface area contributed by atoms with Crippen molar-refractivity contribution in [3.8, 4) is 17.0 Å². The first kappa shape index (κ1) is 20.0. The van der Waals surface area contributed by atoms with Crippen molar-refractivity contribution in [2.75, 3.05) is 24.4 Å². The number of benzene rings is 1. The standard InChI is InChI=1S/C19H20N6O4/c1-12(11-26)21-19-23-16(13-5-7-20-8-6-13)10-18(24-19)22-15-4-3-14(29-2)9-17(15)25(27)28/h3-10,12,26H,11H2,1-2H3,(H2,21,22,23,24)/t12-/m0/s1. The lowest BCUT2D eigenvalue weighted by Gasteiger charge is -2.14. The molecule has 150 valence electrons. The summed E-state index contributed by atoms with van der Waals surface area (Å²) in [6, 6.07) is 9.49. The van der Waals surface area contributed by atoms with Crippen molar-refractivity contribution >= 4 is 23.1 Å². The van der Waals surface area contributed by atoms with Gasteiger partial charge in [0.15, 0.2) is 0 Å². The van der Waals surface area contributed by atoms with Gasteiger partial charge in [0.05, 0.1) is 30.4 Å². The van der Waals surface area contributed by atoms with Gasteiger partial charge < -0.3 is 20.5 Å². The van der Waals surface area contributed by atoms with Crippen LogP contribution in [-0.4, -0.2) is 44.7 Å². The zero-order valence-corrected chi connectivity index (χ0v) is 15.9. The SMILES string of the molecule is COc1ccc(Nc2cc(-c3ccncc3)nc(N[C@@H](C)CO)n2)c([N+](=O)[O-])c1. The monoisotopic (exact) mass is 396 g/mol. The Morgan fingerprint density at radius 1 is 1.21 bits per heavy atom. The summed E-state index contributed by atoms with van der Waals surface area (Å²) in [5.41, 5.74) is 1.51. The average molecular weight is 396 g/mol. The molecule has 10 nitrogen and oxygen atoms in total. The van der Waals surface area contributed by atoms with E-state index in [2.05, 4.69) is 25.6 Å². The minimum atomic E-state index is -0.497. The van der Waals surface area contributed by atoms with Gasteiger partial charge in [0, 0.05) is 30.1 Å². The highest BCUT2D eigenvalue weighted by Gasteiger charge is 2.17. The summed E-state index contributed by atoms with van der Waals surface area (Å²) in [5.74, 6) is 1.01. The fraction of sp³-hybridized carbons (Fsp3) is 0.211. The van der Waals surface area contributed by atoms with Crippen molar-refractivity contribution in [1.29, 1.82) is 0 Å². The summed E-state index contributed by atoms with van der Waals surface area (Å²) in [7, 11) is 1.44. The number of hydrogen-bond donors (Lipinski definition) is 3. The molecule has 0 aliphatic carbocycles. The summed E-state index contributed by atoms with van der Waals surface area (Å²) in [4.78, 5) is 23.8. The Morgan fingerprint density at radius 2 is 1.97 bits per heavy atom. The van der Waals surface area contributed by atoms with Crippen LogP contribution in [0.15, 0.2) is 48.8 Å². The van der Waals surface area contributed by atoms with Crippen molar-refractivity contribution in [3.05, 3.63) is 58.9 Å². The van der Waals surface area contributed by atoms with Crippen molar-refractivity contribution in [3.63, 3.8) is 0 Å². The summed E-state index contributed by atoms with van der Waals surface area (Å²) in [6.07, 6.45) is 3.28. The Bertz CT molecular complexity index is 999. The van der Waals surface area contributed by atoms with E-state index in [0.29, 0.717) is 17.3 Å². The minimum Gasteiger partial charge on any atom is -0.496 e. The predicted molar refractivity (Wildman–Crippen MR) is 108 cm³/mol. The number of nitro groups is 1. The zero-order chi connectivity index (χ0) is 20.8. The second-order valence-corrected chi connectivity index (χ2v) is 6.19. The number of methoxy groups -OCH3 is 1. The van der Waals surface area contributed by atoms with Gasteiger partial charge >= 0.3 is 0 Å². The van der Waals surface area contributed by atoms with Gasteiger partial charge in [0.1, 0.15) is 17.3 Å². The molecule has 0 radical (unpaired) electrons. The fourth-order valence-electron chi connectivity index (χ4n) is 2.55. The van der Waals surface area contributed by atoms with Crippen LogP contribution >= 0.6 is 0 Å². The number of rotatable bonds is 8. The second kappa shape index (κ2) is 8.93. The Morgan fingerprint density at radius 3 is 2.62 bits per heavy atom. The highest BCUT2D eigenvalue weighted by molar-refractivity contribution is 5.72. The Balaban J connectivity index is 2.02. The van der Waals surface area contributed by atoms with Crippen LogP contribution in [0.5, 0.6) is 5.75 Å². The van der Waals surface area contributed by atoms with E-state index in [0.717, 1.165) is 5.56 Å². The molecule has 2 aromatic heterocycles. The number of hydrogen-bond acceptors (Lipinski definition) is 9. The maximum absolute atomic E-state index is 11.4. The van der Waals surface area contributed by atoms with Crippen molar-refractivity contribution < 1.29 is 14.8 Å². The lowest BCUT2D eigenvalue weighted by Crippen LogP contribution is -2.21. The fourth-order valence-corrected chi connectivity index (χ4v) is 2.55. The lowest BCUT2D eigenvalue weighted by atomic mass is 10.2. The van der Waals surface area contributed by atoms with Crippen LogP contribution in [0.3, 0.4) is 0 Å². The van der Waals surface area contributed by atoms with Crippen LogP contribution in [-0.2, 0) is 0 Å². The van der Waals surface area contributed by atoms with Gasteiger partial charge in [-0.05, 0) is 31.2 Å². The predicted octanol–water partition coefficient (Wildman–Crippen LogP) is 2.99. The molecule has 0 fully saturated rings. The van der Waals surface area contributed by atoms with E-state index < -0.39 is 4.92 Å². The van der Waals surface area contributed by atoms with Gasteiger partial charge in [0.2, 0.25) is 5.95 Å². The van der Waals surface area contributed by atoms with Crippen molar-refractivity contribution in [2.45, 2.75) is 13.0 Å². The van der Waals surface area contributed by atoms with E-state index in [9.17, 15) is 15.2 Å². The average Bonchev–Trinajstić information content (AvgIpc) is 2.74. The van der Waals surface area contributed by atoms with Crippen LogP contribution in [0.1, 0.15) is 6.92 Å². The van der Waals surface area contributed by atoms with Gasteiger partial charge in [-0.3, -0.25) is 15.1 Å². The van der Waals surface area contributed by atoms with Gasteiger partial charge in [-0.2, -0.15) is 4.98 Å². The van der Waals surface area contributed by atoms with Crippen LogP contribution in [0.2, 0.25) is 0 Å². The molecule has 10 heteroatoms. The molecule has 0 bridgehead atoms. The summed E-state index contributed by atoms with van der Waals surface area (Å²) >= 11 is 0. The maximum Gasteiger partial charge on any atom is 0.296 e. The first-order valence-corrected chi connectivity index (χ1v) is 8.76. The van der Waals surface area contributed by atoms with Gasteiger partial charge in [-0.15, -0.1) is 0 Å². The largest absolute Gasteiger partial charge is 0.496 e. The number of aliphatic hydroxyl groups is 1. The van der Waals surface area contributed by atoms with Crippen molar-refractivity contribution in [1.82, 2.24) is 15.0 Å². The summed E-state index contributed by atoms with van der Waals surface area (Å²) < 4.78 is 5.06. The smallest absolute Gasteiger partial charge is 0.296 e. The highest BCUT2D eigenvalue weighted by atomic mass is 16.6. The van der Waals surface area contributed by atoms with Crippen LogP contribution < -0.4 is 15.4 Å². The molecule has 1 aromatic carbocycles. The molecule has 3 aromatic rings. The Hall–Kier alpha value is -3.79. The molecule has 3 rings (SSSR count). The summed E-state index contributed by atoms with van der Waals surface area (Å²) in [5, 5.41) is 26.7. The normalized spacial score (nSPS) is 11.6. The number of pyridine rings is 1. The van der Waals surface area contributed by atoms with E-state index in [4.69, 9.17) is 4.74 Å². The van der Waals surface area contributed by atoms with E-state index in [-0.39, 0.29) is 30.0 Å². The Kier molecular flexibility index (Phi) is 6.15. The van der Waals surface area contributed by atoms with E-state index in [1.54, 1.807) is 49.6 Å². The molecule has 0 saturated heterocycles. The van der Waals surface area contributed by atoms with Gasteiger partial charge in [-0.25, -0.2) is 4.98 Å². The molecule has 0 amide bonds.